The first kappa shape index (κ1) is 63.3. The summed E-state index contributed by atoms with van der Waals surface area (Å²) in [5.74, 6) is -1.42. The SMILES string of the molecule is CCCCC/C=C\C[C@@H](O)[C@H](O)CCCCCCCC(=O)OC[C@H](COP(=O)(O)OP(=O)(O)OC[C@H]1O[C@@H](n2ccc(N)nc2=O)[C@H](O)[C@@H]1O)OC(=O)CCCCCCCCC/C=C\CCCCCC. The van der Waals surface area contributed by atoms with Crippen molar-refractivity contribution >= 4 is 33.4 Å². The average Bonchev–Trinajstić information content (AvgIpc) is 3.59. The number of hydrogen-bond acceptors (Lipinski definition) is 17. The molecule has 0 spiro atoms. The van der Waals surface area contributed by atoms with Crippen LogP contribution >= 0.6 is 15.6 Å². The number of aliphatic hydroxyl groups is 4. The third-order valence-electron chi connectivity index (χ3n) is 11.7. The molecule has 0 radical (unpaired) electrons. The Labute approximate surface area is 414 Å². The van der Waals surface area contributed by atoms with Crippen molar-refractivity contribution in [3.63, 3.8) is 0 Å². The van der Waals surface area contributed by atoms with E-state index in [2.05, 4.69) is 35.3 Å². The number of carbonyl (C=O) groups excluding carboxylic acids is 2. The van der Waals surface area contributed by atoms with E-state index in [1.807, 2.05) is 12.2 Å². The Bertz CT molecular complexity index is 1800. The maximum atomic E-state index is 12.9. The highest BCUT2D eigenvalue weighted by atomic mass is 31.3. The lowest BCUT2D eigenvalue weighted by Gasteiger charge is -2.21. The van der Waals surface area contributed by atoms with Crippen LogP contribution in [0, 0.1) is 0 Å². The maximum Gasteiger partial charge on any atom is 0.481 e. The number of nitrogens with two attached hydrogens (primary N) is 1. The Morgan fingerprint density at radius 3 is 1.89 bits per heavy atom. The Morgan fingerprint density at radius 2 is 1.26 bits per heavy atom. The number of aromatic nitrogens is 2. The van der Waals surface area contributed by atoms with Crippen LogP contribution in [-0.4, -0.2) is 108 Å². The molecule has 0 bridgehead atoms. The number of nitrogen functional groups attached to an aromatic ring is 1. The van der Waals surface area contributed by atoms with Crippen LogP contribution in [0.2, 0.25) is 0 Å². The monoisotopic (exact) mass is 1040 g/mol. The van der Waals surface area contributed by atoms with Crippen LogP contribution in [0.25, 0.3) is 0 Å². The first-order chi connectivity index (χ1) is 33.5. The molecule has 1 fully saturated rings. The van der Waals surface area contributed by atoms with Crippen LogP contribution in [0.4, 0.5) is 5.82 Å². The van der Waals surface area contributed by atoms with Crippen LogP contribution in [0.1, 0.15) is 187 Å². The van der Waals surface area contributed by atoms with Crippen LogP contribution in [0.3, 0.4) is 0 Å². The highest BCUT2D eigenvalue weighted by Crippen LogP contribution is 2.60. The Balaban J connectivity index is 1.83. The van der Waals surface area contributed by atoms with Gasteiger partial charge in [-0.25, -0.2) is 13.9 Å². The Hall–Kier alpha value is -2.84. The zero-order valence-corrected chi connectivity index (χ0v) is 43.3. The molecular weight excluding hydrogens is 952 g/mol. The number of esters is 2. The number of nitrogens with zero attached hydrogens (tertiary/aromatic N) is 2. The molecule has 70 heavy (non-hydrogen) atoms. The van der Waals surface area contributed by atoms with E-state index in [-0.39, 0.29) is 18.7 Å². The van der Waals surface area contributed by atoms with E-state index >= 15 is 0 Å². The molecule has 1 aliphatic heterocycles. The summed E-state index contributed by atoms with van der Waals surface area (Å²) in [7, 11) is -10.9. The van der Waals surface area contributed by atoms with Gasteiger partial charge in [0.15, 0.2) is 12.3 Å². The third kappa shape index (κ3) is 29.0. The van der Waals surface area contributed by atoms with Gasteiger partial charge in [-0.15, -0.1) is 0 Å². The number of phosphoric ester groups is 2. The highest BCUT2D eigenvalue weighted by molar-refractivity contribution is 7.61. The summed E-state index contributed by atoms with van der Waals surface area (Å²) in [6.45, 7) is 1.93. The van der Waals surface area contributed by atoms with E-state index in [4.69, 9.17) is 29.0 Å². The average molecular weight is 1040 g/mol. The van der Waals surface area contributed by atoms with Gasteiger partial charge in [0.2, 0.25) is 0 Å². The second-order valence-electron chi connectivity index (χ2n) is 18.0. The van der Waals surface area contributed by atoms with E-state index in [0.29, 0.717) is 38.5 Å². The number of carbonyl (C=O) groups is 2. The normalized spacial score (nSPS) is 20.3. The van der Waals surface area contributed by atoms with Gasteiger partial charge in [-0.2, -0.15) is 9.29 Å². The maximum absolute atomic E-state index is 12.9. The van der Waals surface area contributed by atoms with E-state index in [1.54, 1.807) is 0 Å². The van der Waals surface area contributed by atoms with E-state index in [9.17, 15) is 53.7 Å². The molecule has 1 saturated heterocycles. The van der Waals surface area contributed by atoms with E-state index in [1.165, 1.54) is 31.7 Å². The van der Waals surface area contributed by atoms with E-state index in [0.717, 1.165) is 101 Å². The van der Waals surface area contributed by atoms with Crippen molar-refractivity contribution in [2.24, 2.45) is 0 Å². The molecule has 0 aromatic carbocycles. The van der Waals surface area contributed by atoms with Crippen molar-refractivity contribution < 1.29 is 76.5 Å². The minimum Gasteiger partial charge on any atom is -0.462 e. The Kier molecular flexibility index (Phi) is 33.4. The second-order valence-corrected chi connectivity index (χ2v) is 21.0. The molecule has 1 aromatic rings. The molecule has 0 aliphatic carbocycles. The van der Waals surface area contributed by atoms with Gasteiger partial charge < -0.3 is 50.2 Å². The fourth-order valence-electron chi connectivity index (χ4n) is 7.57. The quantitative estimate of drug-likeness (QED) is 0.0140. The van der Waals surface area contributed by atoms with Gasteiger partial charge in [0, 0.05) is 19.0 Å². The fraction of sp³-hybridized carbons (Fsp3) is 0.792. The van der Waals surface area contributed by atoms with Crippen molar-refractivity contribution in [2.75, 3.05) is 25.6 Å². The van der Waals surface area contributed by atoms with Gasteiger partial charge in [-0.1, -0.05) is 128 Å². The molecule has 2 heterocycles. The van der Waals surface area contributed by atoms with E-state index < -0.39 is 95.9 Å². The van der Waals surface area contributed by atoms with Crippen LogP contribution in [0.5, 0.6) is 0 Å². The number of phosphoric acid groups is 2. The minimum atomic E-state index is -5.45. The molecule has 404 valence electrons. The van der Waals surface area contributed by atoms with Crippen molar-refractivity contribution in [3.8, 4) is 0 Å². The number of unbranched alkanes of at least 4 members (excludes halogenated alkanes) is 18. The smallest absolute Gasteiger partial charge is 0.462 e. The molecule has 2 rings (SSSR count). The highest BCUT2D eigenvalue weighted by Gasteiger charge is 2.46. The first-order valence-corrected chi connectivity index (χ1v) is 28.5. The minimum absolute atomic E-state index is 0.0146. The zero-order valence-electron chi connectivity index (χ0n) is 41.6. The lowest BCUT2D eigenvalue weighted by molar-refractivity contribution is -0.161. The largest absolute Gasteiger partial charge is 0.481 e. The molecular formula is C48H85N3O17P2. The van der Waals surface area contributed by atoms with Crippen molar-refractivity contribution in [1.82, 2.24) is 9.55 Å². The van der Waals surface area contributed by atoms with Crippen LogP contribution < -0.4 is 11.4 Å². The summed E-state index contributed by atoms with van der Waals surface area (Å²) >= 11 is 0. The summed E-state index contributed by atoms with van der Waals surface area (Å²) in [4.78, 5) is 61.9. The number of anilines is 1. The summed E-state index contributed by atoms with van der Waals surface area (Å²) in [6, 6.07) is 1.24. The molecule has 1 aliphatic rings. The lowest BCUT2D eigenvalue weighted by atomic mass is 10.0. The Morgan fingerprint density at radius 1 is 0.729 bits per heavy atom. The molecule has 0 amide bonds. The predicted molar refractivity (Wildman–Crippen MR) is 264 cm³/mol. The molecule has 8 N–H and O–H groups in total. The molecule has 0 saturated carbocycles. The predicted octanol–water partition coefficient (Wildman–Crippen LogP) is 8.17. The van der Waals surface area contributed by atoms with Gasteiger partial charge in [-0.3, -0.25) is 23.2 Å². The van der Waals surface area contributed by atoms with Gasteiger partial charge in [0.25, 0.3) is 0 Å². The number of hydrogen-bond donors (Lipinski definition) is 7. The van der Waals surface area contributed by atoms with Gasteiger partial charge in [0.1, 0.15) is 30.7 Å². The number of rotatable bonds is 42. The topological polar surface area (TPSA) is 306 Å². The van der Waals surface area contributed by atoms with Crippen molar-refractivity contribution in [3.05, 3.63) is 47.1 Å². The number of ether oxygens (including phenoxy) is 3. The lowest BCUT2D eigenvalue weighted by Crippen LogP contribution is -2.36. The van der Waals surface area contributed by atoms with Gasteiger partial charge in [0.05, 0.1) is 25.4 Å². The molecule has 22 heteroatoms. The zero-order chi connectivity index (χ0) is 51.6. The first-order valence-electron chi connectivity index (χ1n) is 25.5. The number of aliphatic hydroxyl groups excluding tert-OH is 4. The van der Waals surface area contributed by atoms with Crippen molar-refractivity contribution in [1.29, 1.82) is 0 Å². The molecule has 2 unspecified atom stereocenters. The molecule has 1 aromatic heterocycles. The summed E-state index contributed by atoms with van der Waals surface area (Å²) in [5, 5.41) is 41.4. The van der Waals surface area contributed by atoms with Gasteiger partial charge >= 0.3 is 33.3 Å². The number of allylic oxidation sites excluding steroid dienone is 3. The van der Waals surface area contributed by atoms with Gasteiger partial charge in [-0.05, 0) is 70.3 Å². The van der Waals surface area contributed by atoms with Crippen molar-refractivity contribution in [2.45, 2.75) is 224 Å². The standard InChI is InChI=1S/C48H85N3O17P2/c1-3-5-7-9-11-12-13-14-15-16-17-18-19-23-28-32-44(55)66-38(35-63-43(54)31-27-24-20-22-26-30-40(53)39(52)29-25-21-10-8-6-4-2)36-64-69(59,60)68-70(61,62)65-37-41-45(56)46(57)47(67-41)51-34-33-42(49)50-48(51)58/h12-13,21,25,33-34,38-41,45-47,52-53,56-57H,3-11,14-20,22-24,26-32,35-37H2,1-2H3,(H,59,60)(H,61,62)(H2,49,50,58)/b13-12-,25-21-/t38-,39-,40-,41-,45-,46-,47-/m1/s1. The molecule has 20 nitrogen and oxygen atoms in total. The molecule has 9 atom stereocenters. The summed E-state index contributed by atoms with van der Waals surface area (Å²) < 4.78 is 56.7. The van der Waals surface area contributed by atoms with Crippen LogP contribution in [0.15, 0.2) is 41.4 Å². The van der Waals surface area contributed by atoms with Crippen LogP contribution in [-0.2, 0) is 46.3 Å². The summed E-state index contributed by atoms with van der Waals surface area (Å²) in [6.07, 6.45) is 22.7. The summed E-state index contributed by atoms with van der Waals surface area (Å²) in [5.41, 5.74) is 4.57. The second kappa shape index (κ2) is 37.0. The third-order valence-corrected chi connectivity index (χ3v) is 14.3. The fourth-order valence-corrected chi connectivity index (χ4v) is 9.68.